The van der Waals surface area contributed by atoms with Crippen molar-refractivity contribution in [3.8, 4) is 5.75 Å². The van der Waals surface area contributed by atoms with Gasteiger partial charge in [-0.05, 0) is 58.7 Å². The normalized spacial score (nSPS) is 26.9. The third kappa shape index (κ3) is 5.57. The molecule has 2 atom stereocenters. The maximum absolute atomic E-state index is 12.7. The van der Waals surface area contributed by atoms with E-state index in [0.717, 1.165) is 37.6 Å². The Hall–Kier alpha value is -1.79. The van der Waals surface area contributed by atoms with Crippen LogP contribution in [0, 0.1) is 5.92 Å². The minimum Gasteiger partial charge on any atom is -0.485 e. The molecule has 3 aliphatic rings. The summed E-state index contributed by atoms with van der Waals surface area (Å²) in [6.45, 7) is 15.1. The number of amides is 1. The first-order valence-corrected chi connectivity index (χ1v) is 12.4. The number of carbonyl (C=O) groups excluding carboxylic acids is 1. The highest BCUT2D eigenvalue weighted by molar-refractivity contribution is 5.68. The molecule has 0 saturated carbocycles. The molecule has 0 aromatic heterocycles. The molecule has 3 aliphatic heterocycles. The van der Waals surface area contributed by atoms with Gasteiger partial charge in [0.1, 0.15) is 17.0 Å². The van der Waals surface area contributed by atoms with Gasteiger partial charge in [-0.25, -0.2) is 4.79 Å². The third-order valence-corrected chi connectivity index (χ3v) is 6.81. The van der Waals surface area contributed by atoms with E-state index in [0.29, 0.717) is 19.1 Å². The SMILES string of the molecule is CC(C)CN1CCC(NC2CC3(CCN(C(=O)OC(C)(C)C)C3)Oc3ccccc32)CC1. The van der Waals surface area contributed by atoms with Gasteiger partial charge in [0.2, 0.25) is 0 Å². The molecule has 6 heteroatoms. The summed E-state index contributed by atoms with van der Waals surface area (Å²) in [6.07, 6.45) is 3.85. The van der Waals surface area contributed by atoms with Gasteiger partial charge in [0.15, 0.2) is 0 Å². The third-order valence-electron chi connectivity index (χ3n) is 6.81. The van der Waals surface area contributed by atoms with Crippen molar-refractivity contribution in [3.05, 3.63) is 29.8 Å². The molecule has 3 heterocycles. The zero-order valence-corrected chi connectivity index (χ0v) is 20.5. The molecule has 2 saturated heterocycles. The molecule has 2 unspecified atom stereocenters. The molecule has 178 valence electrons. The molecule has 1 aromatic rings. The fourth-order valence-electron chi connectivity index (χ4n) is 5.43. The van der Waals surface area contributed by atoms with Crippen molar-refractivity contribution in [1.82, 2.24) is 15.1 Å². The first-order chi connectivity index (χ1) is 15.1. The Balaban J connectivity index is 1.43. The van der Waals surface area contributed by atoms with E-state index in [1.165, 1.54) is 24.9 Å². The van der Waals surface area contributed by atoms with Gasteiger partial charge in [-0.3, -0.25) is 0 Å². The van der Waals surface area contributed by atoms with Crippen molar-refractivity contribution in [2.75, 3.05) is 32.7 Å². The summed E-state index contributed by atoms with van der Waals surface area (Å²) in [5.74, 6) is 1.68. The summed E-state index contributed by atoms with van der Waals surface area (Å²) in [5, 5.41) is 3.98. The molecule has 1 amide bonds. The number of carbonyl (C=O) groups is 1. The van der Waals surface area contributed by atoms with E-state index < -0.39 is 5.60 Å². The molecule has 2 fully saturated rings. The Morgan fingerprint density at radius 1 is 1.22 bits per heavy atom. The fourth-order valence-corrected chi connectivity index (χ4v) is 5.43. The van der Waals surface area contributed by atoms with Gasteiger partial charge in [-0.15, -0.1) is 0 Å². The molecule has 4 rings (SSSR count). The number of para-hydroxylation sites is 1. The maximum Gasteiger partial charge on any atom is 0.410 e. The summed E-state index contributed by atoms with van der Waals surface area (Å²) >= 11 is 0. The van der Waals surface area contributed by atoms with E-state index in [9.17, 15) is 4.79 Å². The van der Waals surface area contributed by atoms with Crippen molar-refractivity contribution in [2.45, 2.75) is 83.6 Å². The number of hydrogen-bond acceptors (Lipinski definition) is 5. The second-order valence-electron chi connectivity index (χ2n) is 11.4. The summed E-state index contributed by atoms with van der Waals surface area (Å²) in [4.78, 5) is 17.1. The lowest BCUT2D eigenvalue weighted by Gasteiger charge is -2.42. The summed E-state index contributed by atoms with van der Waals surface area (Å²) in [5.41, 5.74) is 0.418. The predicted molar refractivity (Wildman–Crippen MR) is 127 cm³/mol. The van der Waals surface area contributed by atoms with E-state index in [1.807, 2.05) is 31.7 Å². The van der Waals surface area contributed by atoms with Gasteiger partial charge in [-0.2, -0.15) is 0 Å². The highest BCUT2D eigenvalue weighted by atomic mass is 16.6. The second kappa shape index (κ2) is 9.22. The van der Waals surface area contributed by atoms with Crippen LogP contribution in [0.2, 0.25) is 0 Å². The van der Waals surface area contributed by atoms with Crippen LogP contribution in [-0.2, 0) is 4.74 Å². The second-order valence-corrected chi connectivity index (χ2v) is 11.4. The molecule has 6 nitrogen and oxygen atoms in total. The average molecular weight is 444 g/mol. The van der Waals surface area contributed by atoms with Crippen LogP contribution in [0.3, 0.4) is 0 Å². The standard InChI is InChI=1S/C26H41N3O3/c1-19(2)17-28-13-10-20(11-14-28)27-22-16-26(31-23-9-7-6-8-21(22)23)12-15-29(18-26)24(30)32-25(3,4)5/h6-9,19-20,22,27H,10-18H2,1-5H3. The van der Waals surface area contributed by atoms with Crippen LogP contribution in [0.1, 0.15) is 71.9 Å². The number of fused-ring (bicyclic) bond motifs is 1. The van der Waals surface area contributed by atoms with Crippen LogP contribution in [0.25, 0.3) is 0 Å². The van der Waals surface area contributed by atoms with Crippen molar-refractivity contribution < 1.29 is 14.3 Å². The number of piperidine rings is 1. The number of benzene rings is 1. The lowest BCUT2D eigenvalue weighted by atomic mass is 9.85. The quantitative estimate of drug-likeness (QED) is 0.737. The Bertz CT molecular complexity index is 798. The summed E-state index contributed by atoms with van der Waals surface area (Å²) in [6, 6.07) is 9.18. The molecule has 0 radical (unpaired) electrons. The molecule has 32 heavy (non-hydrogen) atoms. The Labute approximate surface area is 193 Å². The molecular weight excluding hydrogens is 402 g/mol. The molecule has 0 aliphatic carbocycles. The Morgan fingerprint density at radius 3 is 2.62 bits per heavy atom. The number of likely N-dealkylation sites (tertiary alicyclic amines) is 2. The topological polar surface area (TPSA) is 54.0 Å². The number of ether oxygens (including phenoxy) is 2. The Morgan fingerprint density at radius 2 is 1.94 bits per heavy atom. The van der Waals surface area contributed by atoms with Crippen LogP contribution in [0.5, 0.6) is 5.75 Å². The lowest BCUT2D eigenvalue weighted by molar-refractivity contribution is 0.0115. The molecule has 1 N–H and O–H groups in total. The van der Waals surface area contributed by atoms with Gasteiger partial charge in [0, 0.05) is 43.6 Å². The van der Waals surface area contributed by atoms with Crippen LogP contribution in [-0.4, -0.2) is 65.9 Å². The number of nitrogens with one attached hydrogen (secondary N) is 1. The average Bonchev–Trinajstić information content (AvgIpc) is 3.11. The fraction of sp³-hybridized carbons (Fsp3) is 0.731. The van der Waals surface area contributed by atoms with E-state index in [-0.39, 0.29) is 17.7 Å². The van der Waals surface area contributed by atoms with Gasteiger partial charge in [0.25, 0.3) is 0 Å². The van der Waals surface area contributed by atoms with Crippen molar-refractivity contribution >= 4 is 6.09 Å². The summed E-state index contributed by atoms with van der Waals surface area (Å²) < 4.78 is 12.2. The van der Waals surface area contributed by atoms with Crippen molar-refractivity contribution in [2.24, 2.45) is 5.92 Å². The van der Waals surface area contributed by atoms with Crippen LogP contribution in [0.4, 0.5) is 4.79 Å². The number of hydrogen-bond donors (Lipinski definition) is 1. The van der Waals surface area contributed by atoms with E-state index >= 15 is 0 Å². The van der Waals surface area contributed by atoms with Gasteiger partial charge in [-0.1, -0.05) is 32.0 Å². The van der Waals surface area contributed by atoms with Crippen LogP contribution in [0.15, 0.2) is 24.3 Å². The van der Waals surface area contributed by atoms with Crippen LogP contribution >= 0.6 is 0 Å². The highest BCUT2D eigenvalue weighted by Crippen LogP contribution is 2.44. The van der Waals surface area contributed by atoms with E-state index in [1.54, 1.807) is 0 Å². The zero-order valence-electron chi connectivity index (χ0n) is 20.5. The van der Waals surface area contributed by atoms with Gasteiger partial charge < -0.3 is 24.6 Å². The monoisotopic (exact) mass is 443 g/mol. The minimum absolute atomic E-state index is 0.237. The minimum atomic E-state index is -0.485. The predicted octanol–water partition coefficient (Wildman–Crippen LogP) is 4.60. The van der Waals surface area contributed by atoms with Gasteiger partial charge >= 0.3 is 6.09 Å². The first kappa shape index (κ1) is 23.4. The van der Waals surface area contributed by atoms with Crippen LogP contribution < -0.4 is 10.1 Å². The largest absolute Gasteiger partial charge is 0.485 e. The van der Waals surface area contributed by atoms with E-state index in [4.69, 9.17) is 9.47 Å². The molecular formula is C26H41N3O3. The molecule has 1 spiro atoms. The molecule has 0 bridgehead atoms. The highest BCUT2D eigenvalue weighted by Gasteiger charge is 2.48. The number of rotatable bonds is 4. The van der Waals surface area contributed by atoms with Crippen molar-refractivity contribution in [1.29, 1.82) is 0 Å². The first-order valence-electron chi connectivity index (χ1n) is 12.4. The maximum atomic E-state index is 12.7. The smallest absolute Gasteiger partial charge is 0.410 e. The zero-order chi connectivity index (χ0) is 22.9. The number of nitrogens with zero attached hydrogens (tertiary/aromatic N) is 2. The lowest BCUT2D eigenvalue weighted by Crippen LogP contribution is -2.50. The van der Waals surface area contributed by atoms with Gasteiger partial charge in [0.05, 0.1) is 6.54 Å². The Kier molecular flexibility index (Phi) is 6.73. The van der Waals surface area contributed by atoms with Crippen molar-refractivity contribution in [3.63, 3.8) is 0 Å². The molecule has 1 aromatic carbocycles. The van der Waals surface area contributed by atoms with E-state index in [2.05, 4.69) is 42.3 Å². The summed E-state index contributed by atoms with van der Waals surface area (Å²) in [7, 11) is 0.